The summed E-state index contributed by atoms with van der Waals surface area (Å²) in [6, 6.07) is -0.543. The number of cyclic esters (lactones) is 1. The van der Waals surface area contributed by atoms with E-state index in [0.717, 1.165) is 23.5 Å². The van der Waals surface area contributed by atoms with Gasteiger partial charge in [-0.3, -0.25) is 4.90 Å². The standard InChI is InChI=1S/C15H20N2O5S2/c1-3-4-6-21-13(19)11-9-24-14(16-11)23-7-5-17-12(8-18)10(2)22-15(17)20/h8-10,12H,3-7H2,1-2H3. The predicted molar refractivity (Wildman–Crippen MR) is 90.5 cm³/mol. The van der Waals surface area contributed by atoms with E-state index < -0.39 is 24.2 Å². The van der Waals surface area contributed by atoms with Crippen LogP contribution in [0.2, 0.25) is 0 Å². The number of carbonyl (C=O) groups excluding carboxylic acids is 3. The number of thioether (sulfide) groups is 1. The first-order valence-electron chi connectivity index (χ1n) is 7.74. The van der Waals surface area contributed by atoms with E-state index in [9.17, 15) is 14.4 Å². The van der Waals surface area contributed by atoms with Crippen LogP contribution in [-0.4, -0.2) is 59.3 Å². The van der Waals surface area contributed by atoms with Gasteiger partial charge in [0.05, 0.1) is 6.61 Å². The lowest BCUT2D eigenvalue weighted by Gasteiger charge is -2.17. The summed E-state index contributed by atoms with van der Waals surface area (Å²) in [5, 5.41) is 1.66. The van der Waals surface area contributed by atoms with Crippen molar-refractivity contribution in [3.63, 3.8) is 0 Å². The Kier molecular flexibility index (Phi) is 7.04. The molecule has 9 heteroatoms. The minimum atomic E-state index is -0.543. The molecule has 0 N–H and O–H groups in total. The molecule has 0 radical (unpaired) electrons. The fourth-order valence-electron chi connectivity index (χ4n) is 2.13. The Balaban J connectivity index is 1.80. The van der Waals surface area contributed by atoms with Crippen molar-refractivity contribution in [1.82, 2.24) is 9.88 Å². The quantitative estimate of drug-likeness (QED) is 0.285. The second kappa shape index (κ2) is 9.03. The molecule has 7 nitrogen and oxygen atoms in total. The number of unbranched alkanes of at least 4 members (excludes halogenated alkanes) is 1. The molecule has 1 amide bonds. The zero-order chi connectivity index (χ0) is 17.5. The van der Waals surface area contributed by atoms with Gasteiger partial charge in [-0.25, -0.2) is 14.6 Å². The van der Waals surface area contributed by atoms with Crippen LogP contribution in [0.3, 0.4) is 0 Å². The lowest BCUT2D eigenvalue weighted by Crippen LogP contribution is -2.38. The zero-order valence-corrected chi connectivity index (χ0v) is 15.2. The molecular weight excluding hydrogens is 352 g/mol. The summed E-state index contributed by atoms with van der Waals surface area (Å²) in [5.41, 5.74) is 0.304. The average Bonchev–Trinajstić information content (AvgIpc) is 3.12. The molecule has 2 rings (SSSR count). The average molecular weight is 372 g/mol. The van der Waals surface area contributed by atoms with Crippen LogP contribution in [-0.2, 0) is 14.3 Å². The molecule has 1 fully saturated rings. The minimum absolute atomic E-state index is 0.304. The third-order valence-corrected chi connectivity index (χ3v) is 5.48. The number of nitrogens with zero attached hydrogens (tertiary/aromatic N) is 2. The molecule has 1 aliphatic heterocycles. The number of carbonyl (C=O) groups is 3. The summed E-state index contributed by atoms with van der Waals surface area (Å²) >= 11 is 2.78. The van der Waals surface area contributed by atoms with E-state index in [0.29, 0.717) is 24.6 Å². The lowest BCUT2D eigenvalue weighted by molar-refractivity contribution is -0.111. The number of ether oxygens (including phenoxy) is 2. The first kappa shape index (κ1) is 18.7. The van der Waals surface area contributed by atoms with Gasteiger partial charge in [0.15, 0.2) is 10.0 Å². The predicted octanol–water partition coefficient (Wildman–Crippen LogP) is 2.60. The summed E-state index contributed by atoms with van der Waals surface area (Å²) in [4.78, 5) is 40.2. The summed E-state index contributed by atoms with van der Waals surface area (Å²) in [7, 11) is 0. The highest BCUT2D eigenvalue weighted by Gasteiger charge is 2.38. The maximum Gasteiger partial charge on any atom is 0.410 e. The van der Waals surface area contributed by atoms with Gasteiger partial charge >= 0.3 is 12.1 Å². The summed E-state index contributed by atoms with van der Waals surface area (Å²) in [6.45, 7) is 4.50. The van der Waals surface area contributed by atoms with Gasteiger partial charge in [0.2, 0.25) is 0 Å². The molecule has 0 aromatic carbocycles. The fraction of sp³-hybridized carbons (Fsp3) is 0.600. The highest BCUT2D eigenvalue weighted by molar-refractivity contribution is 8.01. The smallest absolute Gasteiger partial charge is 0.410 e. The van der Waals surface area contributed by atoms with E-state index in [1.165, 1.54) is 28.0 Å². The van der Waals surface area contributed by atoms with E-state index in [4.69, 9.17) is 9.47 Å². The van der Waals surface area contributed by atoms with Crippen LogP contribution in [0.15, 0.2) is 9.72 Å². The number of aromatic nitrogens is 1. The Hall–Kier alpha value is -1.61. The van der Waals surface area contributed by atoms with E-state index in [2.05, 4.69) is 4.98 Å². The first-order chi connectivity index (χ1) is 11.6. The molecule has 0 spiro atoms. The number of hydrogen-bond donors (Lipinski definition) is 0. The van der Waals surface area contributed by atoms with Gasteiger partial charge in [-0.2, -0.15) is 0 Å². The summed E-state index contributed by atoms with van der Waals surface area (Å²) < 4.78 is 10.9. The second-order valence-corrected chi connectivity index (χ2v) is 7.45. The second-order valence-electron chi connectivity index (χ2n) is 5.25. The van der Waals surface area contributed by atoms with Crippen LogP contribution in [0.25, 0.3) is 0 Å². The van der Waals surface area contributed by atoms with Crippen molar-refractivity contribution in [2.45, 2.75) is 43.2 Å². The molecule has 0 saturated carbocycles. The van der Waals surface area contributed by atoms with Gasteiger partial charge < -0.3 is 14.3 Å². The maximum atomic E-state index is 11.8. The van der Waals surface area contributed by atoms with Gasteiger partial charge in [-0.1, -0.05) is 25.1 Å². The van der Waals surface area contributed by atoms with Gasteiger partial charge in [-0.15, -0.1) is 11.3 Å². The number of amides is 1. The number of rotatable bonds is 9. The lowest BCUT2D eigenvalue weighted by atomic mass is 10.2. The normalized spacial score (nSPS) is 20.1. The molecule has 132 valence electrons. The van der Waals surface area contributed by atoms with Crippen molar-refractivity contribution < 1.29 is 23.9 Å². The number of esters is 1. The highest BCUT2D eigenvalue weighted by atomic mass is 32.2. The van der Waals surface area contributed by atoms with Crippen LogP contribution in [0.1, 0.15) is 37.2 Å². The number of hydrogen-bond acceptors (Lipinski definition) is 8. The largest absolute Gasteiger partial charge is 0.461 e. The monoisotopic (exact) mass is 372 g/mol. The fourth-order valence-corrected chi connectivity index (χ4v) is 3.93. The Bertz CT molecular complexity index is 592. The van der Waals surface area contributed by atoms with Crippen molar-refractivity contribution in [1.29, 1.82) is 0 Å². The molecule has 1 saturated heterocycles. The van der Waals surface area contributed by atoms with Crippen molar-refractivity contribution >= 4 is 41.4 Å². The minimum Gasteiger partial charge on any atom is -0.461 e. The molecule has 1 aliphatic rings. The van der Waals surface area contributed by atoms with E-state index >= 15 is 0 Å². The van der Waals surface area contributed by atoms with Crippen molar-refractivity contribution in [2.75, 3.05) is 18.9 Å². The van der Waals surface area contributed by atoms with Crippen molar-refractivity contribution in [2.24, 2.45) is 0 Å². The van der Waals surface area contributed by atoms with Gasteiger partial charge in [-0.05, 0) is 13.3 Å². The van der Waals surface area contributed by atoms with Crippen LogP contribution in [0.5, 0.6) is 0 Å². The third kappa shape index (κ3) is 4.70. The topological polar surface area (TPSA) is 85.8 Å². The van der Waals surface area contributed by atoms with Gasteiger partial charge in [0.1, 0.15) is 18.4 Å². The molecule has 24 heavy (non-hydrogen) atoms. The third-order valence-electron chi connectivity index (χ3n) is 3.48. The molecule has 0 aliphatic carbocycles. The highest BCUT2D eigenvalue weighted by Crippen LogP contribution is 2.25. The molecule has 2 atom stereocenters. The number of thiazole rings is 1. The molecule has 1 aromatic heterocycles. The zero-order valence-electron chi connectivity index (χ0n) is 13.6. The maximum absolute atomic E-state index is 11.8. The van der Waals surface area contributed by atoms with Crippen LogP contribution >= 0.6 is 23.1 Å². The molecule has 1 aromatic rings. The molecular formula is C15H20N2O5S2. The van der Waals surface area contributed by atoms with Crippen LogP contribution < -0.4 is 0 Å². The van der Waals surface area contributed by atoms with Gasteiger partial charge in [0.25, 0.3) is 0 Å². The summed E-state index contributed by atoms with van der Waals surface area (Å²) in [6.07, 6.45) is 1.63. The molecule has 2 heterocycles. The Morgan fingerprint density at radius 2 is 2.38 bits per heavy atom. The molecule has 2 unspecified atom stereocenters. The Morgan fingerprint density at radius 1 is 1.58 bits per heavy atom. The van der Waals surface area contributed by atoms with Crippen LogP contribution in [0.4, 0.5) is 4.79 Å². The Labute approximate surface area is 148 Å². The SMILES string of the molecule is CCCCOC(=O)c1csc(SCCN2C(=O)OC(C)C2C=O)n1. The number of aldehydes is 1. The first-order valence-corrected chi connectivity index (χ1v) is 9.61. The van der Waals surface area contributed by atoms with Crippen molar-refractivity contribution in [3.05, 3.63) is 11.1 Å². The van der Waals surface area contributed by atoms with Gasteiger partial charge in [0, 0.05) is 17.7 Å². The van der Waals surface area contributed by atoms with E-state index in [-0.39, 0.29) is 0 Å². The summed E-state index contributed by atoms with van der Waals surface area (Å²) in [5.74, 6) is 0.147. The van der Waals surface area contributed by atoms with E-state index in [1.54, 1.807) is 12.3 Å². The Morgan fingerprint density at radius 3 is 3.08 bits per heavy atom. The molecule has 0 bridgehead atoms. The van der Waals surface area contributed by atoms with E-state index in [1.807, 2.05) is 6.92 Å². The van der Waals surface area contributed by atoms with Crippen LogP contribution in [0, 0.1) is 0 Å². The van der Waals surface area contributed by atoms with Crippen molar-refractivity contribution in [3.8, 4) is 0 Å².